The van der Waals surface area contributed by atoms with Gasteiger partial charge in [-0.25, -0.2) is 4.79 Å². The molecular weight excluding hydrogens is 224 g/mol. The van der Waals surface area contributed by atoms with Gasteiger partial charge in [0.05, 0.1) is 19.2 Å². The van der Waals surface area contributed by atoms with Crippen molar-refractivity contribution in [2.24, 2.45) is 5.10 Å². The Bertz CT molecular complexity index is 493. The summed E-state index contributed by atoms with van der Waals surface area (Å²) in [6, 6.07) is 6.64. The average Bonchev–Trinajstić information content (AvgIpc) is 2.72. The van der Waals surface area contributed by atoms with Gasteiger partial charge in [-0.1, -0.05) is 0 Å². The molecule has 1 aliphatic rings. The molecule has 0 atom stereocenters. The summed E-state index contributed by atoms with van der Waals surface area (Å²) in [7, 11) is 1.54. The van der Waals surface area contributed by atoms with Crippen LogP contribution in [0.25, 0.3) is 0 Å². The minimum Gasteiger partial charge on any atom is -0.497 e. The molecule has 0 unspecified atom stereocenters. The van der Waals surface area contributed by atoms with Crippen molar-refractivity contribution in [2.45, 2.75) is 6.42 Å². The van der Waals surface area contributed by atoms with E-state index in [2.05, 4.69) is 5.10 Å². The van der Waals surface area contributed by atoms with E-state index in [0.29, 0.717) is 11.4 Å². The molecule has 6 nitrogen and oxygen atoms in total. The van der Waals surface area contributed by atoms with Crippen LogP contribution in [0, 0.1) is 0 Å². The fourth-order valence-corrected chi connectivity index (χ4v) is 1.47. The zero-order valence-corrected chi connectivity index (χ0v) is 9.08. The number of carbonyl (C=O) groups is 2. The smallest absolute Gasteiger partial charge is 0.352 e. The summed E-state index contributed by atoms with van der Waals surface area (Å²) in [6.07, 6.45) is -0.179. The molecule has 0 radical (unpaired) electrons. The van der Waals surface area contributed by atoms with Gasteiger partial charge >= 0.3 is 5.97 Å². The van der Waals surface area contributed by atoms with E-state index in [4.69, 9.17) is 9.84 Å². The van der Waals surface area contributed by atoms with E-state index in [9.17, 15) is 9.59 Å². The summed E-state index contributed by atoms with van der Waals surface area (Å²) < 4.78 is 4.98. The van der Waals surface area contributed by atoms with E-state index < -0.39 is 5.97 Å². The van der Waals surface area contributed by atoms with Crippen LogP contribution in [-0.4, -0.2) is 29.8 Å². The van der Waals surface area contributed by atoms with E-state index in [0.717, 1.165) is 5.01 Å². The topological polar surface area (TPSA) is 79.2 Å². The number of carbonyl (C=O) groups excluding carboxylic acids is 1. The number of methoxy groups -OCH3 is 1. The zero-order chi connectivity index (χ0) is 12.4. The molecule has 88 valence electrons. The van der Waals surface area contributed by atoms with Crippen LogP contribution in [0.4, 0.5) is 5.69 Å². The Morgan fingerprint density at radius 2 is 2.06 bits per heavy atom. The molecular formula is C11H10N2O4. The number of hydrogen-bond donors (Lipinski definition) is 1. The van der Waals surface area contributed by atoms with Crippen LogP contribution in [0.3, 0.4) is 0 Å². The maximum Gasteiger partial charge on any atom is 0.352 e. The molecule has 0 fully saturated rings. The summed E-state index contributed by atoms with van der Waals surface area (Å²) in [5, 5.41) is 13.6. The first-order valence-corrected chi connectivity index (χ1v) is 4.89. The largest absolute Gasteiger partial charge is 0.497 e. The Hall–Kier alpha value is -2.37. The molecule has 1 N–H and O–H groups in total. The zero-order valence-electron chi connectivity index (χ0n) is 9.08. The monoisotopic (exact) mass is 234 g/mol. The number of carboxylic acids is 1. The summed E-state index contributed by atoms with van der Waals surface area (Å²) in [5.41, 5.74) is 0.373. The van der Waals surface area contributed by atoms with Gasteiger partial charge in [-0.3, -0.25) is 4.79 Å². The van der Waals surface area contributed by atoms with E-state index in [1.54, 1.807) is 24.3 Å². The van der Waals surface area contributed by atoms with Gasteiger partial charge in [0, 0.05) is 0 Å². The lowest BCUT2D eigenvalue weighted by Crippen LogP contribution is -2.19. The Labute approximate surface area is 97.1 Å². The molecule has 17 heavy (non-hydrogen) atoms. The van der Waals surface area contributed by atoms with Crippen molar-refractivity contribution in [3.63, 3.8) is 0 Å². The van der Waals surface area contributed by atoms with Crippen LogP contribution in [0.2, 0.25) is 0 Å². The second kappa shape index (κ2) is 4.25. The fourth-order valence-electron chi connectivity index (χ4n) is 1.47. The van der Waals surface area contributed by atoms with E-state index in [-0.39, 0.29) is 18.0 Å². The number of anilines is 1. The standard InChI is InChI=1S/C11H10N2O4/c1-17-8-4-2-7(3-5-8)13-10(14)6-9(12-13)11(15)16/h2-5H,6H2,1H3,(H,15,16). The Balaban J connectivity index is 2.27. The van der Waals surface area contributed by atoms with E-state index in [1.807, 2.05) is 0 Å². The van der Waals surface area contributed by atoms with Crippen LogP contribution < -0.4 is 9.75 Å². The van der Waals surface area contributed by atoms with Crippen LogP contribution in [0.5, 0.6) is 5.75 Å². The van der Waals surface area contributed by atoms with Crippen molar-refractivity contribution in [3.8, 4) is 5.75 Å². The van der Waals surface area contributed by atoms with Gasteiger partial charge in [-0.2, -0.15) is 10.1 Å². The highest BCUT2D eigenvalue weighted by Crippen LogP contribution is 2.23. The fraction of sp³-hybridized carbons (Fsp3) is 0.182. The van der Waals surface area contributed by atoms with Gasteiger partial charge in [0.25, 0.3) is 5.91 Å². The molecule has 6 heteroatoms. The van der Waals surface area contributed by atoms with Crippen molar-refractivity contribution >= 4 is 23.3 Å². The third-order valence-electron chi connectivity index (χ3n) is 2.34. The second-order valence-corrected chi connectivity index (χ2v) is 3.43. The van der Waals surface area contributed by atoms with Crippen molar-refractivity contribution in [1.29, 1.82) is 0 Å². The molecule has 0 saturated carbocycles. The number of rotatable bonds is 3. The lowest BCUT2D eigenvalue weighted by atomic mass is 10.2. The number of ether oxygens (including phenoxy) is 1. The molecule has 2 rings (SSSR count). The Morgan fingerprint density at radius 3 is 2.53 bits per heavy atom. The van der Waals surface area contributed by atoms with Crippen molar-refractivity contribution in [2.75, 3.05) is 12.1 Å². The van der Waals surface area contributed by atoms with Crippen LogP contribution in [-0.2, 0) is 9.59 Å². The Morgan fingerprint density at radius 1 is 1.41 bits per heavy atom. The van der Waals surface area contributed by atoms with Crippen LogP contribution in [0.15, 0.2) is 29.4 Å². The number of hydrazone groups is 1. The number of benzene rings is 1. The molecule has 1 aromatic carbocycles. The SMILES string of the molecule is COc1ccc(N2N=C(C(=O)O)CC2=O)cc1. The van der Waals surface area contributed by atoms with Crippen LogP contribution >= 0.6 is 0 Å². The van der Waals surface area contributed by atoms with Crippen LogP contribution in [0.1, 0.15) is 6.42 Å². The predicted molar refractivity (Wildman–Crippen MR) is 60.2 cm³/mol. The first-order chi connectivity index (χ1) is 8.11. The van der Waals surface area contributed by atoms with Gasteiger partial charge in [0.2, 0.25) is 0 Å². The number of nitrogens with zero attached hydrogens (tertiary/aromatic N) is 2. The minimum atomic E-state index is -1.17. The summed E-state index contributed by atoms with van der Waals surface area (Å²) in [5.74, 6) is -0.871. The van der Waals surface area contributed by atoms with Crippen molar-refractivity contribution < 1.29 is 19.4 Å². The molecule has 1 aliphatic heterocycles. The Kier molecular flexibility index (Phi) is 2.78. The maximum absolute atomic E-state index is 11.6. The average molecular weight is 234 g/mol. The molecule has 0 saturated heterocycles. The van der Waals surface area contributed by atoms with Gasteiger partial charge < -0.3 is 9.84 Å². The molecule has 0 spiro atoms. The maximum atomic E-state index is 11.6. The van der Waals surface area contributed by atoms with Crippen molar-refractivity contribution in [1.82, 2.24) is 0 Å². The first kappa shape index (κ1) is 11.1. The van der Waals surface area contributed by atoms with Crippen molar-refractivity contribution in [3.05, 3.63) is 24.3 Å². The number of hydrogen-bond acceptors (Lipinski definition) is 4. The highest BCUT2D eigenvalue weighted by molar-refractivity contribution is 6.42. The van der Waals surface area contributed by atoms with E-state index >= 15 is 0 Å². The summed E-state index contributed by atoms with van der Waals surface area (Å²) in [6.45, 7) is 0. The minimum absolute atomic E-state index is 0.147. The quantitative estimate of drug-likeness (QED) is 0.841. The first-order valence-electron chi connectivity index (χ1n) is 4.89. The lowest BCUT2D eigenvalue weighted by Gasteiger charge is -2.11. The highest BCUT2D eigenvalue weighted by Gasteiger charge is 2.28. The second-order valence-electron chi connectivity index (χ2n) is 3.43. The van der Waals surface area contributed by atoms with Gasteiger partial charge in [-0.15, -0.1) is 0 Å². The predicted octanol–water partition coefficient (Wildman–Crippen LogP) is 0.873. The molecule has 1 amide bonds. The van der Waals surface area contributed by atoms with Gasteiger partial charge in [0.15, 0.2) is 5.71 Å². The molecule has 1 heterocycles. The molecule has 1 aromatic rings. The van der Waals surface area contributed by atoms with Gasteiger partial charge in [0.1, 0.15) is 5.75 Å². The van der Waals surface area contributed by atoms with Gasteiger partial charge in [-0.05, 0) is 24.3 Å². The number of aliphatic carboxylic acids is 1. The normalized spacial score (nSPS) is 14.8. The number of carboxylic acid groups (broad SMARTS) is 1. The number of amides is 1. The third kappa shape index (κ3) is 2.10. The molecule has 0 bridgehead atoms. The summed E-state index contributed by atoms with van der Waals surface area (Å²) >= 11 is 0. The molecule has 0 aliphatic carbocycles. The highest BCUT2D eigenvalue weighted by atomic mass is 16.5. The van der Waals surface area contributed by atoms with E-state index in [1.165, 1.54) is 7.11 Å². The molecule has 0 aromatic heterocycles. The third-order valence-corrected chi connectivity index (χ3v) is 2.34. The summed E-state index contributed by atoms with van der Waals surface area (Å²) in [4.78, 5) is 22.3. The lowest BCUT2D eigenvalue weighted by molar-refractivity contribution is -0.129.